The molecule has 0 aliphatic rings. The molecule has 0 spiro atoms. The van der Waals surface area contributed by atoms with Crippen LogP contribution in [0.4, 0.5) is 0 Å². The Morgan fingerprint density at radius 2 is 2.12 bits per heavy atom. The summed E-state index contributed by atoms with van der Waals surface area (Å²) in [6.07, 6.45) is 5.26. The van der Waals surface area contributed by atoms with Gasteiger partial charge in [-0.1, -0.05) is 25.4 Å². The highest BCUT2D eigenvalue weighted by Gasteiger charge is 2.08. The van der Waals surface area contributed by atoms with Crippen LogP contribution in [0.15, 0.2) is 18.5 Å². The van der Waals surface area contributed by atoms with E-state index in [4.69, 9.17) is 17.3 Å². The first kappa shape index (κ1) is 14.4. The third-order valence-electron chi connectivity index (χ3n) is 3.05. The van der Waals surface area contributed by atoms with E-state index in [0.29, 0.717) is 5.02 Å². The summed E-state index contributed by atoms with van der Waals surface area (Å²) in [6, 6.07) is 2.11. The van der Waals surface area contributed by atoms with Gasteiger partial charge >= 0.3 is 0 Å². The van der Waals surface area contributed by atoms with Crippen molar-refractivity contribution >= 4 is 11.6 Å². The van der Waals surface area contributed by atoms with Crippen LogP contribution in [0.3, 0.4) is 0 Å². The van der Waals surface area contributed by atoms with Gasteiger partial charge in [0.1, 0.15) is 0 Å². The monoisotopic (exact) mass is 255 g/mol. The van der Waals surface area contributed by atoms with E-state index in [2.05, 4.69) is 23.7 Å². The lowest BCUT2D eigenvalue weighted by Crippen LogP contribution is -2.31. The van der Waals surface area contributed by atoms with E-state index >= 15 is 0 Å². The Kier molecular flexibility index (Phi) is 6.48. The molecule has 0 aliphatic carbocycles. The maximum absolute atomic E-state index is 6.13. The van der Waals surface area contributed by atoms with Crippen molar-refractivity contribution < 1.29 is 0 Å². The van der Waals surface area contributed by atoms with Crippen LogP contribution in [0.2, 0.25) is 5.02 Å². The van der Waals surface area contributed by atoms with Crippen molar-refractivity contribution in [1.29, 1.82) is 0 Å². The van der Waals surface area contributed by atoms with Gasteiger partial charge < -0.3 is 10.6 Å². The summed E-state index contributed by atoms with van der Waals surface area (Å²) in [6.45, 7) is 7.57. The molecule has 1 aromatic rings. The van der Waals surface area contributed by atoms with Crippen LogP contribution in [-0.4, -0.2) is 35.6 Å². The summed E-state index contributed by atoms with van der Waals surface area (Å²) < 4.78 is 0. The fourth-order valence-electron chi connectivity index (χ4n) is 1.84. The molecule has 0 saturated carbocycles. The number of rotatable bonds is 7. The zero-order valence-electron chi connectivity index (χ0n) is 10.7. The van der Waals surface area contributed by atoms with Gasteiger partial charge in [-0.15, -0.1) is 0 Å². The second-order valence-corrected chi connectivity index (χ2v) is 4.65. The maximum atomic E-state index is 6.13. The van der Waals surface area contributed by atoms with Gasteiger partial charge in [0.05, 0.1) is 5.02 Å². The van der Waals surface area contributed by atoms with Gasteiger partial charge in [0.15, 0.2) is 0 Å². The lowest BCUT2D eigenvalue weighted by Gasteiger charge is -2.20. The number of nitrogens with two attached hydrogens (primary N) is 1. The molecule has 96 valence electrons. The number of hydrogen-bond acceptors (Lipinski definition) is 3. The Morgan fingerprint density at radius 1 is 1.41 bits per heavy atom. The molecule has 1 atom stereocenters. The number of hydrogen-bond donors (Lipinski definition) is 1. The second kappa shape index (κ2) is 7.64. The van der Waals surface area contributed by atoms with Crippen LogP contribution in [-0.2, 0) is 6.42 Å². The summed E-state index contributed by atoms with van der Waals surface area (Å²) in [4.78, 5) is 6.35. The summed E-state index contributed by atoms with van der Waals surface area (Å²) in [5, 5.41) is 0.714. The van der Waals surface area contributed by atoms with Gasteiger partial charge in [-0.25, -0.2) is 0 Å². The lowest BCUT2D eigenvalue weighted by atomic mass is 10.1. The minimum Gasteiger partial charge on any atom is -0.327 e. The first-order valence-corrected chi connectivity index (χ1v) is 6.61. The molecular formula is C13H22ClN3. The standard InChI is InChI=1S/C13H22ClN3/c1-3-17(4-2)8-6-12(15)9-11-5-7-16-10-13(11)14/h5,7,10,12H,3-4,6,8-9,15H2,1-2H3. The zero-order valence-corrected chi connectivity index (χ0v) is 11.5. The highest BCUT2D eigenvalue weighted by Crippen LogP contribution is 2.15. The van der Waals surface area contributed by atoms with Gasteiger partial charge in [0, 0.05) is 18.4 Å². The van der Waals surface area contributed by atoms with Crippen LogP contribution in [0.1, 0.15) is 25.8 Å². The molecule has 2 N–H and O–H groups in total. The van der Waals surface area contributed by atoms with E-state index < -0.39 is 0 Å². The second-order valence-electron chi connectivity index (χ2n) is 4.25. The average Bonchev–Trinajstić information content (AvgIpc) is 2.33. The Labute approximate surface area is 109 Å². The molecule has 0 aliphatic heterocycles. The first-order valence-electron chi connectivity index (χ1n) is 6.23. The fourth-order valence-corrected chi connectivity index (χ4v) is 2.04. The van der Waals surface area contributed by atoms with E-state index in [-0.39, 0.29) is 6.04 Å². The van der Waals surface area contributed by atoms with E-state index in [1.54, 1.807) is 12.4 Å². The van der Waals surface area contributed by atoms with Crippen molar-refractivity contribution in [2.75, 3.05) is 19.6 Å². The van der Waals surface area contributed by atoms with Crippen LogP contribution in [0, 0.1) is 0 Å². The van der Waals surface area contributed by atoms with Gasteiger partial charge in [0.25, 0.3) is 0 Å². The lowest BCUT2D eigenvalue weighted by molar-refractivity contribution is 0.290. The van der Waals surface area contributed by atoms with Gasteiger partial charge in [-0.3, -0.25) is 4.98 Å². The third-order valence-corrected chi connectivity index (χ3v) is 3.39. The van der Waals surface area contributed by atoms with Crippen molar-refractivity contribution in [1.82, 2.24) is 9.88 Å². The fraction of sp³-hybridized carbons (Fsp3) is 0.615. The molecule has 1 unspecified atom stereocenters. The molecule has 0 aromatic carbocycles. The minimum absolute atomic E-state index is 0.162. The zero-order chi connectivity index (χ0) is 12.7. The average molecular weight is 256 g/mol. The molecule has 0 radical (unpaired) electrons. The van der Waals surface area contributed by atoms with E-state index in [9.17, 15) is 0 Å². The topological polar surface area (TPSA) is 42.1 Å². The molecule has 1 rings (SSSR count). The highest BCUT2D eigenvalue weighted by atomic mass is 35.5. The summed E-state index contributed by atoms with van der Waals surface area (Å²) in [5.41, 5.74) is 7.22. The Morgan fingerprint density at radius 3 is 2.71 bits per heavy atom. The molecule has 3 nitrogen and oxygen atoms in total. The maximum Gasteiger partial charge on any atom is 0.0621 e. The predicted octanol–water partition coefficient (Wildman–Crippen LogP) is 2.34. The predicted molar refractivity (Wildman–Crippen MR) is 73.3 cm³/mol. The molecule has 0 fully saturated rings. The molecule has 4 heteroatoms. The molecule has 1 heterocycles. The number of nitrogens with zero attached hydrogens (tertiary/aromatic N) is 2. The number of aromatic nitrogens is 1. The summed E-state index contributed by atoms with van der Waals surface area (Å²) in [7, 11) is 0. The smallest absolute Gasteiger partial charge is 0.0621 e. The van der Waals surface area contributed by atoms with Crippen LogP contribution in [0.5, 0.6) is 0 Å². The third kappa shape index (κ3) is 5.02. The molecule has 0 saturated heterocycles. The number of halogens is 1. The van der Waals surface area contributed by atoms with Crippen molar-refractivity contribution in [3.05, 3.63) is 29.0 Å². The van der Waals surface area contributed by atoms with Crippen molar-refractivity contribution in [2.45, 2.75) is 32.7 Å². The molecule has 0 amide bonds. The Hall–Kier alpha value is -0.640. The van der Waals surface area contributed by atoms with E-state index in [0.717, 1.165) is 38.0 Å². The summed E-state index contributed by atoms with van der Waals surface area (Å²) >= 11 is 6.06. The van der Waals surface area contributed by atoms with Gasteiger partial charge in [0.2, 0.25) is 0 Å². The number of pyridine rings is 1. The SMILES string of the molecule is CCN(CC)CCC(N)Cc1ccncc1Cl. The Balaban J connectivity index is 2.39. The summed E-state index contributed by atoms with van der Waals surface area (Å²) in [5.74, 6) is 0. The van der Waals surface area contributed by atoms with Gasteiger partial charge in [-0.05, 0) is 44.1 Å². The van der Waals surface area contributed by atoms with Crippen LogP contribution >= 0.6 is 11.6 Å². The largest absolute Gasteiger partial charge is 0.327 e. The van der Waals surface area contributed by atoms with Crippen molar-refractivity contribution in [3.8, 4) is 0 Å². The quantitative estimate of drug-likeness (QED) is 0.813. The molecule has 17 heavy (non-hydrogen) atoms. The highest BCUT2D eigenvalue weighted by molar-refractivity contribution is 6.31. The Bertz CT molecular complexity index is 326. The molecular weight excluding hydrogens is 234 g/mol. The van der Waals surface area contributed by atoms with Crippen molar-refractivity contribution in [3.63, 3.8) is 0 Å². The van der Waals surface area contributed by atoms with E-state index in [1.807, 2.05) is 6.07 Å². The van der Waals surface area contributed by atoms with Gasteiger partial charge in [-0.2, -0.15) is 0 Å². The van der Waals surface area contributed by atoms with Crippen molar-refractivity contribution in [2.24, 2.45) is 5.73 Å². The molecule has 0 bridgehead atoms. The minimum atomic E-state index is 0.162. The first-order chi connectivity index (χ1) is 8.17. The van der Waals surface area contributed by atoms with Crippen LogP contribution < -0.4 is 5.73 Å². The van der Waals surface area contributed by atoms with Crippen LogP contribution in [0.25, 0.3) is 0 Å². The normalized spacial score (nSPS) is 13.0. The molecule has 1 aromatic heterocycles. The van der Waals surface area contributed by atoms with E-state index in [1.165, 1.54) is 0 Å².